The number of likely N-dealkylation sites (tertiary alicyclic amines) is 2. The second-order valence-electron chi connectivity index (χ2n) is 7.52. The van der Waals surface area contributed by atoms with Gasteiger partial charge in [0, 0.05) is 38.3 Å². The SMILES string of the molecule is CCNC(=O)N1CCC(Cc2ccc(C(=O)N3CCCCC3)cc2)CC1. The van der Waals surface area contributed by atoms with Crippen LogP contribution in [-0.2, 0) is 6.42 Å². The van der Waals surface area contributed by atoms with Gasteiger partial charge in [0.25, 0.3) is 5.91 Å². The molecular weight excluding hydrogens is 326 g/mol. The lowest BCUT2D eigenvalue weighted by Gasteiger charge is -2.32. The van der Waals surface area contributed by atoms with Crippen LogP contribution < -0.4 is 5.32 Å². The van der Waals surface area contributed by atoms with E-state index in [-0.39, 0.29) is 11.9 Å². The predicted octanol–water partition coefficient (Wildman–Crippen LogP) is 3.30. The molecule has 26 heavy (non-hydrogen) atoms. The largest absolute Gasteiger partial charge is 0.339 e. The molecule has 5 nitrogen and oxygen atoms in total. The summed E-state index contributed by atoms with van der Waals surface area (Å²) in [5.74, 6) is 0.788. The van der Waals surface area contributed by atoms with Crippen LogP contribution in [0.4, 0.5) is 4.79 Å². The van der Waals surface area contributed by atoms with Crippen molar-refractivity contribution < 1.29 is 9.59 Å². The molecule has 1 N–H and O–H groups in total. The van der Waals surface area contributed by atoms with Gasteiger partial charge in [0.15, 0.2) is 0 Å². The van der Waals surface area contributed by atoms with Gasteiger partial charge in [-0.25, -0.2) is 4.79 Å². The van der Waals surface area contributed by atoms with Crippen LogP contribution in [0.3, 0.4) is 0 Å². The van der Waals surface area contributed by atoms with Crippen LogP contribution in [0, 0.1) is 5.92 Å². The molecule has 5 heteroatoms. The molecule has 3 amide bonds. The maximum Gasteiger partial charge on any atom is 0.317 e. The monoisotopic (exact) mass is 357 g/mol. The first-order valence-electron chi connectivity index (χ1n) is 10.1. The molecule has 3 rings (SSSR count). The molecule has 2 fully saturated rings. The van der Waals surface area contributed by atoms with Gasteiger partial charge in [-0.2, -0.15) is 0 Å². The third-order valence-corrected chi connectivity index (χ3v) is 5.60. The van der Waals surface area contributed by atoms with Crippen LogP contribution >= 0.6 is 0 Å². The number of hydrogen-bond acceptors (Lipinski definition) is 2. The fraction of sp³-hybridized carbons (Fsp3) is 0.619. The molecule has 0 saturated carbocycles. The van der Waals surface area contributed by atoms with Gasteiger partial charge in [0.05, 0.1) is 0 Å². The smallest absolute Gasteiger partial charge is 0.317 e. The topological polar surface area (TPSA) is 52.7 Å². The van der Waals surface area contributed by atoms with Gasteiger partial charge >= 0.3 is 6.03 Å². The van der Waals surface area contributed by atoms with Crippen LogP contribution in [0.2, 0.25) is 0 Å². The first kappa shape index (κ1) is 18.7. The van der Waals surface area contributed by atoms with E-state index in [4.69, 9.17) is 0 Å². The normalized spacial score (nSPS) is 18.7. The van der Waals surface area contributed by atoms with Crippen molar-refractivity contribution >= 4 is 11.9 Å². The van der Waals surface area contributed by atoms with Crippen LogP contribution in [0.15, 0.2) is 24.3 Å². The van der Waals surface area contributed by atoms with E-state index in [9.17, 15) is 9.59 Å². The summed E-state index contributed by atoms with van der Waals surface area (Å²) in [6.45, 7) is 6.09. The zero-order valence-electron chi connectivity index (χ0n) is 15.9. The highest BCUT2D eigenvalue weighted by atomic mass is 16.2. The van der Waals surface area contributed by atoms with E-state index in [2.05, 4.69) is 17.4 Å². The van der Waals surface area contributed by atoms with Gasteiger partial charge in [0.1, 0.15) is 0 Å². The van der Waals surface area contributed by atoms with E-state index < -0.39 is 0 Å². The number of carbonyl (C=O) groups excluding carboxylic acids is 2. The van der Waals surface area contributed by atoms with E-state index in [1.807, 2.05) is 28.9 Å². The minimum atomic E-state index is 0.0616. The first-order chi connectivity index (χ1) is 12.7. The van der Waals surface area contributed by atoms with Gasteiger partial charge in [-0.15, -0.1) is 0 Å². The van der Waals surface area contributed by atoms with Crippen molar-refractivity contribution in [3.05, 3.63) is 35.4 Å². The summed E-state index contributed by atoms with van der Waals surface area (Å²) >= 11 is 0. The van der Waals surface area contributed by atoms with Crippen molar-refractivity contribution in [3.8, 4) is 0 Å². The number of hydrogen-bond donors (Lipinski definition) is 1. The number of carbonyl (C=O) groups is 2. The Bertz CT molecular complexity index is 600. The third-order valence-electron chi connectivity index (χ3n) is 5.60. The lowest BCUT2D eigenvalue weighted by Crippen LogP contribution is -2.44. The average molecular weight is 357 g/mol. The van der Waals surface area contributed by atoms with Crippen LogP contribution in [-0.4, -0.2) is 54.5 Å². The van der Waals surface area contributed by atoms with Crippen molar-refractivity contribution in [1.82, 2.24) is 15.1 Å². The predicted molar refractivity (Wildman–Crippen MR) is 103 cm³/mol. The lowest BCUT2D eigenvalue weighted by molar-refractivity contribution is 0.0724. The van der Waals surface area contributed by atoms with Gasteiger partial charge in [-0.3, -0.25) is 4.79 Å². The van der Waals surface area contributed by atoms with E-state index >= 15 is 0 Å². The van der Waals surface area contributed by atoms with Crippen molar-refractivity contribution in [1.29, 1.82) is 0 Å². The molecule has 1 aromatic rings. The summed E-state index contributed by atoms with van der Waals surface area (Å²) in [6.07, 6.45) is 6.61. The molecule has 142 valence electrons. The summed E-state index contributed by atoms with van der Waals surface area (Å²) in [7, 11) is 0. The Morgan fingerprint density at radius 3 is 2.23 bits per heavy atom. The highest BCUT2D eigenvalue weighted by Crippen LogP contribution is 2.22. The van der Waals surface area contributed by atoms with Crippen molar-refractivity contribution in [2.45, 2.75) is 45.4 Å². The number of piperidine rings is 2. The van der Waals surface area contributed by atoms with Gasteiger partial charge in [-0.1, -0.05) is 12.1 Å². The Balaban J connectivity index is 1.49. The van der Waals surface area contributed by atoms with Crippen LogP contribution in [0.25, 0.3) is 0 Å². The molecule has 2 heterocycles. The number of urea groups is 1. The number of nitrogens with zero attached hydrogens (tertiary/aromatic N) is 2. The third kappa shape index (κ3) is 4.77. The van der Waals surface area contributed by atoms with Crippen LogP contribution in [0.5, 0.6) is 0 Å². The van der Waals surface area contributed by atoms with Crippen LogP contribution in [0.1, 0.15) is 54.9 Å². The average Bonchev–Trinajstić information content (AvgIpc) is 2.69. The van der Waals surface area contributed by atoms with Gasteiger partial charge < -0.3 is 15.1 Å². The Morgan fingerprint density at radius 2 is 1.62 bits per heavy atom. The zero-order chi connectivity index (χ0) is 18.4. The molecule has 0 unspecified atom stereocenters. The molecule has 0 atom stereocenters. The molecule has 2 aliphatic heterocycles. The molecule has 2 aliphatic rings. The second-order valence-corrected chi connectivity index (χ2v) is 7.52. The molecule has 0 spiro atoms. The highest BCUT2D eigenvalue weighted by Gasteiger charge is 2.23. The Labute approximate surface area is 156 Å². The number of rotatable bonds is 4. The Hall–Kier alpha value is -2.04. The lowest BCUT2D eigenvalue weighted by atomic mass is 9.90. The molecule has 0 bridgehead atoms. The van der Waals surface area contributed by atoms with E-state index in [0.29, 0.717) is 12.5 Å². The summed E-state index contributed by atoms with van der Waals surface area (Å²) < 4.78 is 0. The van der Waals surface area contributed by atoms with Gasteiger partial charge in [0.2, 0.25) is 0 Å². The van der Waals surface area contributed by atoms with E-state index in [0.717, 1.165) is 63.8 Å². The zero-order valence-corrected chi connectivity index (χ0v) is 15.9. The number of nitrogens with one attached hydrogen (secondary N) is 1. The summed E-state index contributed by atoms with van der Waals surface area (Å²) in [6, 6.07) is 8.24. The van der Waals surface area contributed by atoms with E-state index in [1.54, 1.807) is 0 Å². The van der Waals surface area contributed by atoms with Crippen molar-refractivity contribution in [2.75, 3.05) is 32.7 Å². The highest BCUT2D eigenvalue weighted by molar-refractivity contribution is 5.94. The van der Waals surface area contributed by atoms with Gasteiger partial charge in [-0.05, 0) is 69.1 Å². The summed E-state index contributed by atoms with van der Waals surface area (Å²) in [5.41, 5.74) is 2.10. The van der Waals surface area contributed by atoms with E-state index in [1.165, 1.54) is 12.0 Å². The molecule has 0 radical (unpaired) electrons. The molecule has 0 aromatic heterocycles. The van der Waals surface area contributed by atoms with Crippen molar-refractivity contribution in [2.24, 2.45) is 5.92 Å². The number of amides is 3. The Morgan fingerprint density at radius 1 is 0.962 bits per heavy atom. The minimum Gasteiger partial charge on any atom is -0.339 e. The quantitative estimate of drug-likeness (QED) is 0.899. The maximum absolute atomic E-state index is 12.5. The summed E-state index contributed by atoms with van der Waals surface area (Å²) in [4.78, 5) is 28.3. The molecule has 0 aliphatic carbocycles. The Kier molecular flexibility index (Phi) is 6.53. The van der Waals surface area contributed by atoms with Crippen molar-refractivity contribution in [3.63, 3.8) is 0 Å². The second kappa shape index (κ2) is 9.06. The molecule has 1 aromatic carbocycles. The fourth-order valence-corrected chi connectivity index (χ4v) is 4.00. The first-order valence-corrected chi connectivity index (χ1v) is 10.1. The molecule has 2 saturated heterocycles. The standard InChI is InChI=1S/C21H31N3O2/c1-2-22-21(26)24-14-10-18(11-15-24)16-17-6-8-19(9-7-17)20(25)23-12-4-3-5-13-23/h6-9,18H,2-5,10-16H2,1H3,(H,22,26). The fourth-order valence-electron chi connectivity index (χ4n) is 4.00. The maximum atomic E-state index is 12.5. The number of benzene rings is 1. The minimum absolute atomic E-state index is 0.0616. The summed E-state index contributed by atoms with van der Waals surface area (Å²) in [5, 5.41) is 2.87. The molecular formula is C21H31N3O2.